The highest BCUT2D eigenvalue weighted by molar-refractivity contribution is 7.98. The van der Waals surface area contributed by atoms with Crippen LogP contribution < -0.4 is 20.3 Å². The Hall–Kier alpha value is -3.72. The molecule has 0 unspecified atom stereocenters. The number of hydrogen-bond donors (Lipinski definition) is 2. The fourth-order valence-electron chi connectivity index (χ4n) is 4.20. The Morgan fingerprint density at radius 1 is 1.02 bits per heavy atom. The van der Waals surface area contributed by atoms with E-state index in [0.717, 1.165) is 73.7 Å². The van der Waals surface area contributed by atoms with Crippen LogP contribution in [0.5, 0.6) is 5.75 Å². The van der Waals surface area contributed by atoms with Gasteiger partial charge in [0.05, 0.1) is 19.4 Å². The summed E-state index contributed by atoms with van der Waals surface area (Å²) < 4.78 is 11.2. The Labute approximate surface area is 254 Å². The van der Waals surface area contributed by atoms with E-state index in [1.807, 2.05) is 68.9 Å². The maximum atomic E-state index is 9.12. The van der Waals surface area contributed by atoms with Crippen molar-refractivity contribution in [3.63, 3.8) is 0 Å². The number of hydrogen-bond acceptors (Lipinski definition) is 9. The van der Waals surface area contributed by atoms with Gasteiger partial charge in [0, 0.05) is 44.7 Å². The van der Waals surface area contributed by atoms with E-state index in [1.165, 1.54) is 5.56 Å². The van der Waals surface area contributed by atoms with Crippen LogP contribution in [0.1, 0.15) is 23.5 Å². The topological polar surface area (TPSA) is 105 Å². The van der Waals surface area contributed by atoms with Crippen molar-refractivity contribution in [1.82, 2.24) is 25.4 Å². The van der Waals surface area contributed by atoms with Gasteiger partial charge in [-0.15, -0.1) is 0 Å². The van der Waals surface area contributed by atoms with E-state index in [9.17, 15) is 0 Å². The van der Waals surface area contributed by atoms with Crippen LogP contribution in [0.2, 0.25) is 0 Å². The number of methoxy groups -OCH3 is 1. The lowest BCUT2D eigenvalue weighted by Gasteiger charge is -2.26. The van der Waals surface area contributed by atoms with Crippen LogP contribution in [0, 0.1) is 11.5 Å². The molecular formula is C31H44N8O2S. The van der Waals surface area contributed by atoms with Gasteiger partial charge in [0.2, 0.25) is 5.96 Å². The number of pyridine rings is 1. The zero-order valence-corrected chi connectivity index (χ0v) is 26.1. The average Bonchev–Trinajstić information content (AvgIpc) is 3.44. The molecule has 0 aliphatic carbocycles. The summed E-state index contributed by atoms with van der Waals surface area (Å²) in [7, 11) is 7.86. The molecule has 2 aromatic heterocycles. The molecule has 42 heavy (non-hydrogen) atoms. The maximum Gasteiger partial charge on any atom is 0.204 e. The van der Waals surface area contributed by atoms with E-state index in [4.69, 9.17) is 14.4 Å². The van der Waals surface area contributed by atoms with Crippen LogP contribution in [0.25, 0.3) is 0 Å². The minimum atomic E-state index is 0.521. The number of aromatic nitrogens is 1. The molecule has 0 saturated carbocycles. The second-order valence-electron chi connectivity index (χ2n) is 10.2. The SMILES string of the molecule is COc1ccc(CN(CCN(C)CCC/N=C(\NC#N)NCCSCc2ccc(CN(C)C)o2)c2ccccn2)cc1. The highest BCUT2D eigenvalue weighted by Crippen LogP contribution is 2.18. The van der Waals surface area contributed by atoms with Crippen molar-refractivity contribution in [2.24, 2.45) is 4.99 Å². The standard InChI is InChI=1S/C31H44N8O2S/c1-37(2)23-28-13-14-29(41-28)24-42-21-17-35-31(36-25-32)34-16-7-18-38(3)19-20-39(30-8-5-6-15-33-30)22-26-9-11-27(40-4)12-10-26/h5-6,8-15H,7,16-24H2,1-4H3,(H2,34,35,36). The second kappa shape index (κ2) is 18.7. The van der Waals surface area contributed by atoms with Gasteiger partial charge in [-0.05, 0) is 76.1 Å². The summed E-state index contributed by atoms with van der Waals surface area (Å²) >= 11 is 1.78. The van der Waals surface area contributed by atoms with Gasteiger partial charge in [-0.25, -0.2) is 4.98 Å². The first-order valence-electron chi connectivity index (χ1n) is 14.2. The molecule has 3 aromatic rings. The minimum absolute atomic E-state index is 0.521. The molecule has 10 nitrogen and oxygen atoms in total. The first kappa shape index (κ1) is 32.8. The van der Waals surface area contributed by atoms with Gasteiger partial charge >= 0.3 is 0 Å². The van der Waals surface area contributed by atoms with Gasteiger partial charge in [0.1, 0.15) is 23.1 Å². The maximum absolute atomic E-state index is 9.12. The molecule has 0 spiro atoms. The number of furan rings is 1. The number of benzene rings is 1. The summed E-state index contributed by atoms with van der Waals surface area (Å²) in [6.45, 7) is 5.55. The van der Waals surface area contributed by atoms with Crippen molar-refractivity contribution in [3.05, 3.63) is 77.9 Å². The normalized spacial score (nSPS) is 11.5. The summed E-state index contributed by atoms with van der Waals surface area (Å²) in [5.41, 5.74) is 1.21. The molecule has 0 fully saturated rings. The predicted molar refractivity (Wildman–Crippen MR) is 172 cm³/mol. The zero-order chi connectivity index (χ0) is 30.0. The highest BCUT2D eigenvalue weighted by Gasteiger charge is 2.11. The largest absolute Gasteiger partial charge is 0.497 e. The Morgan fingerprint density at radius 2 is 1.83 bits per heavy atom. The lowest BCUT2D eigenvalue weighted by Crippen LogP contribution is -2.36. The van der Waals surface area contributed by atoms with E-state index in [1.54, 1.807) is 18.9 Å². The van der Waals surface area contributed by atoms with Crippen molar-refractivity contribution in [3.8, 4) is 11.9 Å². The Kier molecular flexibility index (Phi) is 14.6. The number of likely N-dealkylation sites (N-methyl/N-ethyl adjacent to an activating group) is 1. The van der Waals surface area contributed by atoms with Crippen molar-refractivity contribution < 1.29 is 9.15 Å². The van der Waals surface area contributed by atoms with E-state index in [-0.39, 0.29) is 0 Å². The van der Waals surface area contributed by atoms with Crippen LogP contribution in [-0.4, -0.2) is 87.5 Å². The van der Waals surface area contributed by atoms with Crippen LogP contribution in [0.3, 0.4) is 0 Å². The number of nitrogens with one attached hydrogen (secondary N) is 2. The number of rotatable bonds is 18. The molecule has 0 aliphatic heterocycles. The molecule has 0 aliphatic rings. The summed E-state index contributed by atoms with van der Waals surface area (Å²) in [4.78, 5) is 15.8. The van der Waals surface area contributed by atoms with Gasteiger partial charge in [-0.3, -0.25) is 10.3 Å². The van der Waals surface area contributed by atoms with Gasteiger partial charge in [-0.2, -0.15) is 17.0 Å². The van der Waals surface area contributed by atoms with Gasteiger partial charge < -0.3 is 29.2 Å². The predicted octanol–water partition coefficient (Wildman–Crippen LogP) is 4.02. The van der Waals surface area contributed by atoms with Crippen molar-refractivity contribution in [2.75, 3.05) is 71.6 Å². The average molecular weight is 593 g/mol. The number of ether oxygens (including phenoxy) is 1. The van der Waals surface area contributed by atoms with Gasteiger partial charge in [0.25, 0.3) is 0 Å². The van der Waals surface area contributed by atoms with Crippen LogP contribution in [0.15, 0.2) is 70.2 Å². The van der Waals surface area contributed by atoms with Gasteiger partial charge in [-0.1, -0.05) is 18.2 Å². The van der Waals surface area contributed by atoms with Crippen molar-refractivity contribution in [1.29, 1.82) is 5.26 Å². The quantitative estimate of drug-likeness (QED) is 0.0740. The number of anilines is 1. The van der Waals surface area contributed by atoms with Crippen molar-refractivity contribution in [2.45, 2.75) is 25.3 Å². The summed E-state index contributed by atoms with van der Waals surface area (Å²) in [5, 5.41) is 15.0. The first-order chi connectivity index (χ1) is 20.5. The summed E-state index contributed by atoms with van der Waals surface area (Å²) in [5.74, 6) is 5.99. The number of guanidine groups is 1. The van der Waals surface area contributed by atoms with E-state index in [2.05, 4.69) is 54.5 Å². The fraction of sp³-hybridized carbons (Fsp3) is 0.452. The second-order valence-corrected chi connectivity index (χ2v) is 11.3. The highest BCUT2D eigenvalue weighted by atomic mass is 32.2. The van der Waals surface area contributed by atoms with E-state index in [0.29, 0.717) is 19.0 Å². The minimum Gasteiger partial charge on any atom is -0.497 e. The molecule has 2 heterocycles. The molecule has 0 bridgehead atoms. The lowest BCUT2D eigenvalue weighted by atomic mass is 10.2. The van der Waals surface area contributed by atoms with Crippen LogP contribution in [0.4, 0.5) is 5.82 Å². The number of nitriles is 1. The first-order valence-corrected chi connectivity index (χ1v) is 15.3. The number of nitrogens with zero attached hydrogens (tertiary/aromatic N) is 6. The Bertz CT molecular complexity index is 1230. The lowest BCUT2D eigenvalue weighted by molar-refractivity contribution is 0.336. The molecule has 0 atom stereocenters. The molecule has 0 amide bonds. The third kappa shape index (κ3) is 12.4. The number of aliphatic imine (C=N–C) groups is 1. The van der Waals surface area contributed by atoms with Crippen LogP contribution in [-0.2, 0) is 18.8 Å². The molecular weight excluding hydrogens is 548 g/mol. The third-order valence-electron chi connectivity index (χ3n) is 6.37. The summed E-state index contributed by atoms with van der Waals surface area (Å²) in [6.07, 6.45) is 4.70. The summed E-state index contributed by atoms with van der Waals surface area (Å²) in [6, 6.07) is 18.2. The monoisotopic (exact) mass is 592 g/mol. The van der Waals surface area contributed by atoms with Crippen LogP contribution >= 0.6 is 11.8 Å². The third-order valence-corrected chi connectivity index (χ3v) is 7.35. The molecule has 0 saturated heterocycles. The number of thioether (sulfide) groups is 1. The molecule has 226 valence electrons. The molecule has 1 aromatic carbocycles. The molecule has 11 heteroatoms. The Balaban J connectivity index is 1.37. The fourth-order valence-corrected chi connectivity index (χ4v) is 4.95. The van der Waals surface area contributed by atoms with Crippen molar-refractivity contribution >= 4 is 23.5 Å². The molecule has 0 radical (unpaired) electrons. The molecule has 3 rings (SSSR count). The zero-order valence-electron chi connectivity index (χ0n) is 25.3. The van der Waals surface area contributed by atoms with E-state index < -0.39 is 0 Å². The van der Waals surface area contributed by atoms with E-state index >= 15 is 0 Å². The molecule has 2 N–H and O–H groups in total. The Morgan fingerprint density at radius 3 is 2.55 bits per heavy atom. The smallest absolute Gasteiger partial charge is 0.204 e. The van der Waals surface area contributed by atoms with Gasteiger partial charge in [0.15, 0.2) is 6.19 Å².